The fourth-order valence-corrected chi connectivity index (χ4v) is 5.59. The molecule has 0 N–H and O–H groups in total. The molecule has 2 saturated heterocycles. The van der Waals surface area contributed by atoms with Gasteiger partial charge < -0.3 is 9.80 Å². The van der Waals surface area contributed by atoms with Gasteiger partial charge in [0.2, 0.25) is 11.8 Å². The van der Waals surface area contributed by atoms with Crippen LogP contribution in [0.5, 0.6) is 0 Å². The average molecular weight is 458 g/mol. The number of rotatable bonds is 3. The van der Waals surface area contributed by atoms with Crippen LogP contribution in [0.3, 0.4) is 0 Å². The number of amides is 3. The van der Waals surface area contributed by atoms with Crippen molar-refractivity contribution in [3.63, 3.8) is 0 Å². The minimum atomic E-state index is -0.310. The van der Waals surface area contributed by atoms with Crippen molar-refractivity contribution < 1.29 is 14.4 Å². The molecule has 2 aromatic carbocycles. The predicted molar refractivity (Wildman–Crippen MR) is 133 cm³/mol. The third-order valence-electron chi connectivity index (χ3n) is 7.71. The van der Waals surface area contributed by atoms with Gasteiger partial charge in [0, 0.05) is 37.4 Å². The van der Waals surface area contributed by atoms with Crippen molar-refractivity contribution in [3.8, 4) is 0 Å². The van der Waals surface area contributed by atoms with E-state index in [0.717, 1.165) is 13.1 Å². The van der Waals surface area contributed by atoms with E-state index in [2.05, 4.69) is 36.9 Å². The normalized spacial score (nSPS) is 24.6. The van der Waals surface area contributed by atoms with Crippen molar-refractivity contribution in [1.29, 1.82) is 0 Å². The maximum atomic E-state index is 13.3. The molecular formula is C28H31N3O3. The first kappa shape index (κ1) is 22.4. The van der Waals surface area contributed by atoms with E-state index in [9.17, 15) is 14.4 Å². The molecule has 0 unspecified atom stereocenters. The molecule has 2 heterocycles. The zero-order valence-corrected chi connectivity index (χ0v) is 20.0. The zero-order valence-electron chi connectivity index (χ0n) is 20.0. The van der Waals surface area contributed by atoms with Gasteiger partial charge in [0.25, 0.3) is 5.91 Å². The van der Waals surface area contributed by atoms with Crippen molar-refractivity contribution in [3.05, 3.63) is 71.3 Å². The van der Waals surface area contributed by atoms with E-state index in [1.165, 1.54) is 21.7 Å². The largest absolute Gasteiger partial charge is 0.368 e. The van der Waals surface area contributed by atoms with Gasteiger partial charge in [-0.05, 0) is 61.6 Å². The van der Waals surface area contributed by atoms with Crippen molar-refractivity contribution in [2.75, 3.05) is 36.0 Å². The van der Waals surface area contributed by atoms with Gasteiger partial charge in [-0.1, -0.05) is 37.3 Å². The highest BCUT2D eigenvalue weighted by molar-refractivity contribution is 6.22. The minimum absolute atomic E-state index is 0.0401. The quantitative estimate of drug-likeness (QED) is 0.517. The summed E-state index contributed by atoms with van der Waals surface area (Å²) in [7, 11) is 0. The molecule has 176 valence electrons. The molecule has 2 aromatic rings. The zero-order chi connectivity index (χ0) is 24.0. The van der Waals surface area contributed by atoms with E-state index in [1.807, 2.05) is 24.0 Å². The number of imide groups is 1. The Bertz CT molecular complexity index is 1180. The van der Waals surface area contributed by atoms with Crippen LogP contribution in [-0.2, 0) is 9.59 Å². The second-order valence-electron chi connectivity index (χ2n) is 9.72. The van der Waals surface area contributed by atoms with Crippen LogP contribution in [0.15, 0.2) is 54.6 Å². The summed E-state index contributed by atoms with van der Waals surface area (Å²) < 4.78 is 0. The minimum Gasteiger partial charge on any atom is -0.368 e. The highest BCUT2D eigenvalue weighted by Crippen LogP contribution is 2.40. The molecule has 0 radical (unpaired) electrons. The number of fused-ring (bicyclic) bond motifs is 1. The van der Waals surface area contributed by atoms with E-state index < -0.39 is 0 Å². The highest BCUT2D eigenvalue weighted by Gasteiger charge is 2.50. The average Bonchev–Trinajstić information content (AvgIpc) is 3.11. The second kappa shape index (κ2) is 8.75. The number of nitrogens with zero attached hydrogens (tertiary/aromatic N) is 3. The van der Waals surface area contributed by atoms with Crippen molar-refractivity contribution >= 4 is 29.1 Å². The lowest BCUT2D eigenvalue weighted by Crippen LogP contribution is -2.49. The summed E-state index contributed by atoms with van der Waals surface area (Å²) in [5, 5.41) is 0. The Kier molecular flexibility index (Phi) is 5.76. The Balaban J connectivity index is 1.31. The molecule has 2 fully saturated rings. The molecule has 3 amide bonds. The Morgan fingerprint density at radius 1 is 0.941 bits per heavy atom. The predicted octanol–water partition coefficient (Wildman–Crippen LogP) is 3.97. The number of anilines is 2. The SMILES string of the molecule is Cc1cccc(N2CCN(C(=O)c3cccc(N4C(=O)[C@@H]5[C@@H](C)C=CC[C@H]5C4=O)c3)CC2)c1C. The molecule has 0 spiro atoms. The smallest absolute Gasteiger partial charge is 0.254 e. The van der Waals surface area contributed by atoms with E-state index in [-0.39, 0.29) is 35.5 Å². The van der Waals surface area contributed by atoms with Crippen molar-refractivity contribution in [2.45, 2.75) is 27.2 Å². The van der Waals surface area contributed by atoms with Gasteiger partial charge in [-0.15, -0.1) is 0 Å². The lowest BCUT2D eigenvalue weighted by molar-refractivity contribution is -0.122. The summed E-state index contributed by atoms with van der Waals surface area (Å²) >= 11 is 0. The van der Waals surface area contributed by atoms with E-state index in [1.54, 1.807) is 24.3 Å². The van der Waals surface area contributed by atoms with Gasteiger partial charge in [0.1, 0.15) is 0 Å². The number of allylic oxidation sites excluding steroid dienone is 2. The maximum absolute atomic E-state index is 13.3. The van der Waals surface area contributed by atoms with Crippen LogP contribution >= 0.6 is 0 Å². The molecule has 3 atom stereocenters. The first-order valence-corrected chi connectivity index (χ1v) is 12.1. The topological polar surface area (TPSA) is 60.9 Å². The first-order valence-electron chi connectivity index (χ1n) is 12.1. The molecule has 0 aromatic heterocycles. The van der Waals surface area contributed by atoms with Crippen LogP contribution < -0.4 is 9.80 Å². The summed E-state index contributed by atoms with van der Waals surface area (Å²) in [6.07, 6.45) is 4.62. The molecule has 5 rings (SSSR count). The van der Waals surface area contributed by atoms with Crippen LogP contribution in [0.2, 0.25) is 0 Å². The molecule has 3 aliphatic rings. The highest BCUT2D eigenvalue weighted by atomic mass is 16.2. The van der Waals surface area contributed by atoms with Crippen LogP contribution in [0, 0.1) is 31.6 Å². The number of benzene rings is 2. The van der Waals surface area contributed by atoms with Crippen LogP contribution in [0.25, 0.3) is 0 Å². The summed E-state index contributed by atoms with van der Waals surface area (Å²) in [5.74, 6) is -0.941. The van der Waals surface area contributed by atoms with Gasteiger partial charge in [-0.3, -0.25) is 19.3 Å². The van der Waals surface area contributed by atoms with Gasteiger partial charge in [-0.2, -0.15) is 0 Å². The molecule has 0 saturated carbocycles. The summed E-state index contributed by atoms with van der Waals surface area (Å²) in [5.41, 5.74) is 4.78. The van der Waals surface area contributed by atoms with Gasteiger partial charge in [0.15, 0.2) is 0 Å². The number of piperazine rings is 1. The van der Waals surface area contributed by atoms with Crippen LogP contribution in [0.4, 0.5) is 11.4 Å². The van der Waals surface area contributed by atoms with Crippen molar-refractivity contribution in [1.82, 2.24) is 4.90 Å². The standard InChI is InChI=1S/C28H31N3O3/c1-18-7-5-12-24(20(18)3)29-13-15-30(16-14-29)26(32)21-9-6-10-22(17-21)31-27(33)23-11-4-8-19(2)25(23)28(31)34/h4-10,12,17,19,23,25H,11,13-16H2,1-3H3/t19-,23+,25+/m0/s1. The summed E-state index contributed by atoms with van der Waals surface area (Å²) in [4.78, 5) is 45.0. The van der Waals surface area contributed by atoms with Crippen LogP contribution in [-0.4, -0.2) is 48.8 Å². The first-order chi connectivity index (χ1) is 16.4. The van der Waals surface area contributed by atoms with E-state index in [4.69, 9.17) is 0 Å². The van der Waals surface area contributed by atoms with Crippen molar-refractivity contribution in [2.24, 2.45) is 17.8 Å². The molecule has 1 aliphatic carbocycles. The molecule has 0 bridgehead atoms. The second-order valence-corrected chi connectivity index (χ2v) is 9.72. The fraction of sp³-hybridized carbons (Fsp3) is 0.393. The number of carbonyl (C=O) groups excluding carboxylic acids is 3. The lowest BCUT2D eigenvalue weighted by atomic mass is 9.78. The molecule has 2 aliphatic heterocycles. The Labute approximate surface area is 200 Å². The number of aryl methyl sites for hydroxylation is 1. The number of hydrogen-bond donors (Lipinski definition) is 0. The third-order valence-corrected chi connectivity index (χ3v) is 7.71. The van der Waals surface area contributed by atoms with E-state index in [0.29, 0.717) is 30.8 Å². The lowest BCUT2D eigenvalue weighted by Gasteiger charge is -2.37. The van der Waals surface area contributed by atoms with Gasteiger partial charge >= 0.3 is 0 Å². The fourth-order valence-electron chi connectivity index (χ4n) is 5.59. The molecular weight excluding hydrogens is 426 g/mol. The van der Waals surface area contributed by atoms with Gasteiger partial charge in [0.05, 0.1) is 17.5 Å². The van der Waals surface area contributed by atoms with Crippen LogP contribution in [0.1, 0.15) is 34.8 Å². The summed E-state index contributed by atoms with van der Waals surface area (Å²) in [6.45, 7) is 9.05. The maximum Gasteiger partial charge on any atom is 0.254 e. The Hall–Kier alpha value is -3.41. The third kappa shape index (κ3) is 3.71. The number of carbonyl (C=O) groups is 3. The summed E-state index contributed by atoms with van der Waals surface area (Å²) in [6, 6.07) is 13.3. The monoisotopic (exact) mass is 457 g/mol. The molecule has 6 heteroatoms. The Morgan fingerprint density at radius 3 is 2.41 bits per heavy atom. The number of hydrogen-bond acceptors (Lipinski definition) is 4. The Morgan fingerprint density at radius 2 is 1.68 bits per heavy atom. The van der Waals surface area contributed by atoms with Gasteiger partial charge in [-0.25, -0.2) is 0 Å². The van der Waals surface area contributed by atoms with E-state index >= 15 is 0 Å². The molecule has 6 nitrogen and oxygen atoms in total. The molecule has 34 heavy (non-hydrogen) atoms.